The number of Topliss-reactive ketones (excluding diaryl/α,β-unsaturated/α-hetero) is 2. The molecule has 0 aliphatic rings. The predicted molar refractivity (Wildman–Crippen MR) is 75.6 cm³/mol. The number of hydrogen-bond acceptors (Lipinski definition) is 2. The fourth-order valence-corrected chi connectivity index (χ4v) is 2.87. The molecule has 0 heterocycles. The van der Waals surface area contributed by atoms with Crippen molar-refractivity contribution in [3.8, 4) is 0 Å². The van der Waals surface area contributed by atoms with Gasteiger partial charge in [-0.2, -0.15) is 0 Å². The molecule has 1 aromatic rings. The van der Waals surface area contributed by atoms with E-state index in [1.54, 1.807) is 18.2 Å². The molecule has 0 N–H and O–H groups in total. The van der Waals surface area contributed by atoms with E-state index in [-0.39, 0.29) is 12.0 Å². The number of alkyl halides is 1. The Kier molecular flexibility index (Phi) is 6.15. The van der Waals surface area contributed by atoms with Crippen molar-refractivity contribution in [1.29, 1.82) is 0 Å². The Hall–Kier alpha value is -0.550. The maximum Gasteiger partial charge on any atom is 0.220 e. The average Bonchev–Trinajstić information content (AvgIpc) is 2.34. The first-order valence-corrected chi connectivity index (χ1v) is 7.22. The van der Waals surface area contributed by atoms with Gasteiger partial charge >= 0.3 is 0 Å². The van der Waals surface area contributed by atoms with Gasteiger partial charge in [-0.25, -0.2) is 4.39 Å². The molecule has 1 atom stereocenters. The summed E-state index contributed by atoms with van der Waals surface area (Å²) in [6, 6.07) is 5.00. The highest BCUT2D eigenvalue weighted by atomic mass is 79.9. The standard InChI is InChI=1S/C13H13Br2FO2/c1-2-3-7-10(17)12(16)13(18)11-8(14)5-4-6-9(11)15/h4-6,12H,2-3,7H2,1H3. The zero-order valence-corrected chi connectivity index (χ0v) is 13.1. The van der Waals surface area contributed by atoms with Crippen LogP contribution in [0.3, 0.4) is 0 Å². The highest BCUT2D eigenvalue weighted by Crippen LogP contribution is 2.27. The van der Waals surface area contributed by atoms with Crippen LogP contribution in [0.1, 0.15) is 36.5 Å². The molecule has 98 valence electrons. The van der Waals surface area contributed by atoms with Crippen molar-refractivity contribution in [2.45, 2.75) is 32.4 Å². The number of hydrogen-bond donors (Lipinski definition) is 0. The third kappa shape index (κ3) is 3.72. The number of carbonyl (C=O) groups excluding carboxylic acids is 2. The van der Waals surface area contributed by atoms with E-state index in [0.29, 0.717) is 15.4 Å². The van der Waals surface area contributed by atoms with E-state index in [9.17, 15) is 14.0 Å². The van der Waals surface area contributed by atoms with Crippen molar-refractivity contribution < 1.29 is 14.0 Å². The number of ketones is 2. The molecule has 0 radical (unpaired) electrons. The summed E-state index contributed by atoms with van der Waals surface area (Å²) in [6.45, 7) is 1.91. The van der Waals surface area contributed by atoms with E-state index in [1.807, 2.05) is 6.92 Å². The molecule has 0 aliphatic carbocycles. The van der Waals surface area contributed by atoms with Crippen LogP contribution in [0.25, 0.3) is 0 Å². The zero-order valence-electron chi connectivity index (χ0n) is 9.88. The van der Waals surface area contributed by atoms with Crippen molar-refractivity contribution in [3.63, 3.8) is 0 Å². The molecular formula is C13H13Br2FO2. The molecular weight excluding hydrogens is 367 g/mol. The van der Waals surface area contributed by atoms with E-state index in [0.717, 1.165) is 6.42 Å². The van der Waals surface area contributed by atoms with E-state index in [2.05, 4.69) is 31.9 Å². The quantitative estimate of drug-likeness (QED) is 0.539. The first-order chi connectivity index (χ1) is 8.49. The third-order valence-electron chi connectivity index (χ3n) is 2.50. The molecule has 1 aromatic carbocycles. The zero-order chi connectivity index (χ0) is 13.7. The van der Waals surface area contributed by atoms with Gasteiger partial charge in [0.1, 0.15) is 0 Å². The third-order valence-corrected chi connectivity index (χ3v) is 3.82. The SMILES string of the molecule is CCCCC(=O)C(F)C(=O)c1c(Br)cccc1Br. The van der Waals surface area contributed by atoms with Crippen LogP contribution in [0.15, 0.2) is 27.1 Å². The lowest BCUT2D eigenvalue weighted by molar-refractivity contribution is -0.122. The Labute approximate surface area is 122 Å². The molecule has 5 heteroatoms. The first kappa shape index (κ1) is 15.5. The van der Waals surface area contributed by atoms with Gasteiger partial charge in [0.25, 0.3) is 0 Å². The average molecular weight is 380 g/mol. The summed E-state index contributed by atoms with van der Waals surface area (Å²) in [5.74, 6) is -1.44. The van der Waals surface area contributed by atoms with Gasteiger partial charge in [-0.05, 0) is 18.6 Å². The monoisotopic (exact) mass is 378 g/mol. The van der Waals surface area contributed by atoms with E-state index >= 15 is 0 Å². The van der Waals surface area contributed by atoms with Crippen LogP contribution in [0, 0.1) is 0 Å². The van der Waals surface area contributed by atoms with Crippen LogP contribution < -0.4 is 0 Å². The summed E-state index contributed by atoms with van der Waals surface area (Å²) in [5.41, 5.74) is 0.176. The summed E-state index contributed by atoms with van der Waals surface area (Å²) in [7, 11) is 0. The highest BCUT2D eigenvalue weighted by molar-refractivity contribution is 9.11. The molecule has 0 bridgehead atoms. The Morgan fingerprint density at radius 2 is 1.83 bits per heavy atom. The molecule has 18 heavy (non-hydrogen) atoms. The summed E-state index contributed by atoms with van der Waals surface area (Å²) in [5, 5.41) is 0. The predicted octanol–water partition coefficient (Wildman–Crippen LogP) is 4.49. The molecule has 0 amide bonds. The molecule has 0 fully saturated rings. The molecule has 0 spiro atoms. The van der Waals surface area contributed by atoms with Gasteiger partial charge < -0.3 is 0 Å². The Morgan fingerprint density at radius 3 is 2.33 bits per heavy atom. The van der Waals surface area contributed by atoms with Gasteiger partial charge in [0, 0.05) is 20.9 Å². The number of rotatable bonds is 6. The minimum atomic E-state index is -2.08. The second kappa shape index (κ2) is 7.14. The summed E-state index contributed by atoms with van der Waals surface area (Å²) >= 11 is 6.38. The number of benzene rings is 1. The normalized spacial score (nSPS) is 12.2. The number of halogens is 3. The lowest BCUT2D eigenvalue weighted by Gasteiger charge is -2.09. The van der Waals surface area contributed by atoms with Crippen LogP contribution in [-0.2, 0) is 4.79 Å². The Balaban J connectivity index is 2.90. The second-order valence-corrected chi connectivity index (χ2v) is 5.60. The van der Waals surface area contributed by atoms with Gasteiger partial charge in [-0.3, -0.25) is 9.59 Å². The van der Waals surface area contributed by atoms with E-state index in [1.165, 1.54) is 0 Å². The molecule has 1 rings (SSSR count). The largest absolute Gasteiger partial charge is 0.296 e. The Morgan fingerprint density at radius 1 is 1.28 bits per heavy atom. The number of unbranched alkanes of at least 4 members (excludes halogenated alkanes) is 1. The van der Waals surface area contributed by atoms with Gasteiger partial charge in [0.05, 0.1) is 0 Å². The second-order valence-electron chi connectivity index (χ2n) is 3.89. The lowest BCUT2D eigenvalue weighted by Crippen LogP contribution is -2.26. The molecule has 0 aromatic heterocycles. The van der Waals surface area contributed by atoms with Gasteiger partial charge in [0.2, 0.25) is 12.0 Å². The van der Waals surface area contributed by atoms with Crippen LogP contribution in [-0.4, -0.2) is 17.7 Å². The first-order valence-electron chi connectivity index (χ1n) is 5.64. The maximum absolute atomic E-state index is 13.8. The lowest BCUT2D eigenvalue weighted by atomic mass is 10.0. The van der Waals surface area contributed by atoms with Gasteiger partial charge in [-0.15, -0.1) is 0 Å². The highest BCUT2D eigenvalue weighted by Gasteiger charge is 2.29. The topological polar surface area (TPSA) is 34.1 Å². The molecule has 0 saturated carbocycles. The van der Waals surface area contributed by atoms with Gasteiger partial charge in [-0.1, -0.05) is 51.3 Å². The molecule has 2 nitrogen and oxygen atoms in total. The van der Waals surface area contributed by atoms with Crippen molar-refractivity contribution >= 4 is 43.4 Å². The Bertz CT molecular complexity index is 440. The van der Waals surface area contributed by atoms with Crippen molar-refractivity contribution in [3.05, 3.63) is 32.7 Å². The van der Waals surface area contributed by atoms with Crippen LogP contribution in [0.4, 0.5) is 4.39 Å². The van der Waals surface area contributed by atoms with Crippen molar-refractivity contribution in [2.75, 3.05) is 0 Å². The fourth-order valence-electron chi connectivity index (χ4n) is 1.48. The molecule has 0 saturated heterocycles. The fraction of sp³-hybridized carbons (Fsp3) is 0.385. The molecule has 1 unspecified atom stereocenters. The van der Waals surface area contributed by atoms with Crippen LogP contribution in [0.5, 0.6) is 0 Å². The van der Waals surface area contributed by atoms with Crippen molar-refractivity contribution in [2.24, 2.45) is 0 Å². The van der Waals surface area contributed by atoms with Crippen LogP contribution in [0.2, 0.25) is 0 Å². The summed E-state index contributed by atoms with van der Waals surface area (Å²) in [4.78, 5) is 23.4. The summed E-state index contributed by atoms with van der Waals surface area (Å²) in [6.07, 6.45) is -0.577. The minimum absolute atomic E-state index is 0.103. The minimum Gasteiger partial charge on any atom is -0.296 e. The number of carbonyl (C=O) groups is 2. The van der Waals surface area contributed by atoms with E-state index in [4.69, 9.17) is 0 Å². The van der Waals surface area contributed by atoms with Gasteiger partial charge in [0.15, 0.2) is 5.78 Å². The smallest absolute Gasteiger partial charge is 0.220 e. The van der Waals surface area contributed by atoms with Crippen LogP contribution >= 0.6 is 31.9 Å². The van der Waals surface area contributed by atoms with E-state index < -0.39 is 17.7 Å². The molecule has 0 aliphatic heterocycles. The maximum atomic E-state index is 13.8. The van der Waals surface area contributed by atoms with Crippen molar-refractivity contribution in [1.82, 2.24) is 0 Å². The summed E-state index contributed by atoms with van der Waals surface area (Å²) < 4.78 is 14.8.